The summed E-state index contributed by atoms with van der Waals surface area (Å²) in [6.07, 6.45) is 2.74. The van der Waals surface area contributed by atoms with Gasteiger partial charge in [0, 0.05) is 18.7 Å². The third-order valence-corrected chi connectivity index (χ3v) is 4.64. The van der Waals surface area contributed by atoms with Gasteiger partial charge in [-0.05, 0) is 68.1 Å². The number of carboxylic acid groups (broad SMARTS) is 1. The first-order chi connectivity index (χ1) is 12.0. The molecule has 2 heterocycles. The first-order valence-electron chi connectivity index (χ1n) is 8.69. The Labute approximate surface area is 147 Å². The Balaban J connectivity index is 1.78. The molecule has 0 spiro atoms. The highest BCUT2D eigenvalue weighted by Crippen LogP contribution is 2.33. The molecule has 1 saturated heterocycles. The van der Waals surface area contributed by atoms with Crippen LogP contribution in [0.25, 0.3) is 0 Å². The first-order valence-corrected chi connectivity index (χ1v) is 8.69. The van der Waals surface area contributed by atoms with Crippen LogP contribution in [0.15, 0.2) is 36.4 Å². The van der Waals surface area contributed by atoms with E-state index in [-0.39, 0.29) is 18.3 Å². The maximum absolute atomic E-state index is 13.4. The van der Waals surface area contributed by atoms with Crippen molar-refractivity contribution in [3.63, 3.8) is 0 Å². The van der Waals surface area contributed by atoms with Gasteiger partial charge in [-0.25, -0.2) is 4.39 Å². The fraction of sp³-hybridized carbons (Fsp3) is 0.400. The second-order valence-corrected chi connectivity index (χ2v) is 6.69. The fourth-order valence-electron chi connectivity index (χ4n) is 3.55. The van der Waals surface area contributed by atoms with E-state index in [1.807, 2.05) is 25.1 Å². The van der Waals surface area contributed by atoms with E-state index in [1.165, 1.54) is 6.07 Å². The summed E-state index contributed by atoms with van der Waals surface area (Å²) in [5.41, 5.74) is 3.89. The molecule has 1 atom stereocenters. The number of rotatable bonds is 6. The molecule has 1 aromatic carbocycles. The van der Waals surface area contributed by atoms with Crippen molar-refractivity contribution in [3.8, 4) is 0 Å². The molecule has 5 heteroatoms. The zero-order chi connectivity index (χ0) is 17.8. The van der Waals surface area contributed by atoms with Crippen molar-refractivity contribution in [2.75, 3.05) is 6.54 Å². The number of benzene rings is 1. The molecule has 3 rings (SSSR count). The van der Waals surface area contributed by atoms with Crippen molar-refractivity contribution in [2.45, 2.75) is 45.2 Å². The van der Waals surface area contributed by atoms with Crippen LogP contribution in [0.1, 0.15) is 47.8 Å². The molecule has 4 nitrogen and oxygen atoms in total. The molecule has 1 aliphatic rings. The number of likely N-dealkylation sites (tertiary alicyclic amines) is 1. The summed E-state index contributed by atoms with van der Waals surface area (Å²) >= 11 is 0. The van der Waals surface area contributed by atoms with Gasteiger partial charge in [0.15, 0.2) is 0 Å². The predicted molar refractivity (Wildman–Crippen MR) is 93.7 cm³/mol. The van der Waals surface area contributed by atoms with E-state index in [4.69, 9.17) is 5.11 Å². The Morgan fingerprint density at radius 1 is 1.32 bits per heavy atom. The van der Waals surface area contributed by atoms with Crippen molar-refractivity contribution in [2.24, 2.45) is 0 Å². The lowest BCUT2D eigenvalue weighted by Crippen LogP contribution is -2.23. The van der Waals surface area contributed by atoms with Crippen LogP contribution < -0.4 is 0 Å². The summed E-state index contributed by atoms with van der Waals surface area (Å²) in [4.78, 5) is 17.8. The predicted octanol–water partition coefficient (Wildman–Crippen LogP) is 3.88. The van der Waals surface area contributed by atoms with E-state index < -0.39 is 5.97 Å². The standard InChI is InChI=1S/C20H23FN2O2/c1-14-10-15(7-8-20(24)25)12-18(22-14)19-6-3-9-23(19)13-16-4-2-5-17(21)11-16/h2,4-5,10-12,19H,3,6-9,13H2,1H3,(H,24,25)/t19-/m0/s1. The molecule has 1 N–H and O–H groups in total. The largest absolute Gasteiger partial charge is 0.481 e. The summed E-state index contributed by atoms with van der Waals surface area (Å²) < 4.78 is 13.4. The third kappa shape index (κ3) is 4.63. The zero-order valence-corrected chi connectivity index (χ0v) is 14.4. The normalized spacial score (nSPS) is 17.8. The number of hydrogen-bond donors (Lipinski definition) is 1. The zero-order valence-electron chi connectivity index (χ0n) is 14.4. The molecule has 0 aliphatic carbocycles. The van der Waals surface area contributed by atoms with Gasteiger partial charge in [-0.3, -0.25) is 14.7 Å². The highest BCUT2D eigenvalue weighted by atomic mass is 19.1. The van der Waals surface area contributed by atoms with Crippen molar-refractivity contribution < 1.29 is 14.3 Å². The molecule has 0 amide bonds. The number of aliphatic carboxylic acids is 1. The number of aromatic nitrogens is 1. The number of pyridine rings is 1. The van der Waals surface area contributed by atoms with E-state index in [0.29, 0.717) is 13.0 Å². The molecule has 0 radical (unpaired) electrons. The van der Waals surface area contributed by atoms with Gasteiger partial charge in [0.25, 0.3) is 0 Å². The quantitative estimate of drug-likeness (QED) is 0.865. The van der Waals surface area contributed by atoms with Gasteiger partial charge < -0.3 is 5.11 Å². The molecule has 0 unspecified atom stereocenters. The van der Waals surface area contributed by atoms with Gasteiger partial charge in [0.05, 0.1) is 11.7 Å². The monoisotopic (exact) mass is 342 g/mol. The smallest absolute Gasteiger partial charge is 0.303 e. The highest BCUT2D eigenvalue weighted by molar-refractivity contribution is 5.67. The highest BCUT2D eigenvalue weighted by Gasteiger charge is 2.27. The van der Waals surface area contributed by atoms with Crippen LogP contribution in [0.5, 0.6) is 0 Å². The van der Waals surface area contributed by atoms with Crippen LogP contribution in [0.3, 0.4) is 0 Å². The summed E-state index contributed by atoms with van der Waals surface area (Å²) in [5.74, 6) is -0.998. The van der Waals surface area contributed by atoms with E-state index >= 15 is 0 Å². The molecule has 1 aromatic heterocycles. The lowest BCUT2D eigenvalue weighted by molar-refractivity contribution is -0.136. The van der Waals surface area contributed by atoms with E-state index in [2.05, 4.69) is 9.88 Å². The first kappa shape index (κ1) is 17.5. The van der Waals surface area contributed by atoms with E-state index in [9.17, 15) is 9.18 Å². The number of carbonyl (C=O) groups is 1. The molecule has 1 fully saturated rings. The van der Waals surface area contributed by atoms with Crippen LogP contribution in [-0.4, -0.2) is 27.5 Å². The Morgan fingerprint density at radius 3 is 2.92 bits per heavy atom. The minimum atomic E-state index is -0.787. The lowest BCUT2D eigenvalue weighted by Gasteiger charge is -2.25. The Morgan fingerprint density at radius 2 is 2.16 bits per heavy atom. The number of hydrogen-bond acceptors (Lipinski definition) is 3. The maximum atomic E-state index is 13.4. The Hall–Kier alpha value is -2.27. The van der Waals surface area contributed by atoms with Gasteiger partial charge in [-0.1, -0.05) is 12.1 Å². The van der Waals surface area contributed by atoms with Crippen LogP contribution in [0, 0.1) is 12.7 Å². The average molecular weight is 342 g/mol. The molecular weight excluding hydrogens is 319 g/mol. The Kier molecular flexibility index (Phi) is 5.43. The number of halogens is 1. The molecule has 2 aromatic rings. The lowest BCUT2D eigenvalue weighted by atomic mass is 10.0. The van der Waals surface area contributed by atoms with E-state index in [1.54, 1.807) is 12.1 Å². The molecule has 25 heavy (non-hydrogen) atoms. The van der Waals surface area contributed by atoms with Gasteiger partial charge in [0.2, 0.25) is 0 Å². The van der Waals surface area contributed by atoms with Gasteiger partial charge in [-0.15, -0.1) is 0 Å². The van der Waals surface area contributed by atoms with Gasteiger partial charge in [-0.2, -0.15) is 0 Å². The summed E-state index contributed by atoms with van der Waals surface area (Å²) in [6, 6.07) is 10.9. The molecule has 0 bridgehead atoms. The molecule has 1 aliphatic heterocycles. The van der Waals surface area contributed by atoms with Crippen molar-refractivity contribution >= 4 is 5.97 Å². The summed E-state index contributed by atoms with van der Waals surface area (Å²) in [7, 11) is 0. The second kappa shape index (κ2) is 7.74. The van der Waals surface area contributed by atoms with Crippen LogP contribution in [-0.2, 0) is 17.8 Å². The number of nitrogens with zero attached hydrogens (tertiary/aromatic N) is 2. The molecule has 0 saturated carbocycles. The molecular formula is C20H23FN2O2. The molecule has 132 valence electrons. The summed E-state index contributed by atoms with van der Waals surface area (Å²) in [5, 5.41) is 8.90. The minimum absolute atomic E-state index is 0.126. The number of aryl methyl sites for hydroxylation is 2. The maximum Gasteiger partial charge on any atom is 0.303 e. The Bertz CT molecular complexity index is 763. The minimum Gasteiger partial charge on any atom is -0.481 e. The fourth-order valence-corrected chi connectivity index (χ4v) is 3.55. The summed E-state index contributed by atoms with van der Waals surface area (Å²) in [6.45, 7) is 3.60. The average Bonchev–Trinajstić information content (AvgIpc) is 3.00. The number of carboxylic acids is 1. The van der Waals surface area contributed by atoms with Gasteiger partial charge >= 0.3 is 5.97 Å². The van der Waals surface area contributed by atoms with Gasteiger partial charge in [0.1, 0.15) is 5.82 Å². The SMILES string of the molecule is Cc1cc(CCC(=O)O)cc([C@@H]2CCCN2Cc2cccc(F)c2)n1. The van der Waals surface area contributed by atoms with Crippen molar-refractivity contribution in [1.29, 1.82) is 0 Å². The second-order valence-electron chi connectivity index (χ2n) is 6.69. The van der Waals surface area contributed by atoms with Crippen LogP contribution >= 0.6 is 0 Å². The van der Waals surface area contributed by atoms with E-state index in [0.717, 1.165) is 41.9 Å². The topological polar surface area (TPSA) is 53.4 Å². The van der Waals surface area contributed by atoms with Crippen molar-refractivity contribution in [1.82, 2.24) is 9.88 Å². The van der Waals surface area contributed by atoms with Crippen LogP contribution in [0.2, 0.25) is 0 Å². The van der Waals surface area contributed by atoms with Crippen LogP contribution in [0.4, 0.5) is 4.39 Å². The van der Waals surface area contributed by atoms with Crippen molar-refractivity contribution in [3.05, 3.63) is 64.7 Å². The third-order valence-electron chi connectivity index (χ3n) is 4.64.